The molecule has 1 aliphatic rings. The van der Waals surface area contributed by atoms with Crippen molar-refractivity contribution in [2.45, 2.75) is 45.6 Å². The van der Waals surface area contributed by atoms with Crippen LogP contribution in [0, 0.1) is 22.7 Å². The molecule has 0 aliphatic heterocycles. The molecular formula is C10H17NO. The Hall–Kier alpha value is -0.550. The van der Waals surface area contributed by atoms with E-state index in [0.717, 1.165) is 19.3 Å². The molecule has 0 radical (unpaired) electrons. The minimum atomic E-state index is -0.855. The van der Waals surface area contributed by atoms with Gasteiger partial charge in [0, 0.05) is 0 Å². The van der Waals surface area contributed by atoms with Gasteiger partial charge in [0.05, 0.1) is 17.1 Å². The molecule has 2 nitrogen and oxygen atoms in total. The third-order valence-electron chi connectivity index (χ3n) is 3.15. The fraction of sp³-hybridized carbons (Fsp3) is 0.900. The number of hydrogen-bond acceptors (Lipinski definition) is 2. The zero-order valence-electron chi connectivity index (χ0n) is 8.09. The van der Waals surface area contributed by atoms with Crippen LogP contribution in [0.3, 0.4) is 0 Å². The number of rotatable bonds is 1. The summed E-state index contributed by atoms with van der Waals surface area (Å²) in [6.07, 6.45) is 2.75. The summed E-state index contributed by atoms with van der Waals surface area (Å²) in [6.45, 7) is 5.63. The molecule has 0 aromatic rings. The first kappa shape index (κ1) is 9.54. The molecule has 0 heterocycles. The monoisotopic (exact) mass is 167 g/mol. The Kier molecular flexibility index (Phi) is 2.18. The van der Waals surface area contributed by atoms with Crippen LogP contribution in [-0.2, 0) is 0 Å². The van der Waals surface area contributed by atoms with Gasteiger partial charge in [-0.3, -0.25) is 0 Å². The molecule has 2 unspecified atom stereocenters. The summed E-state index contributed by atoms with van der Waals surface area (Å²) < 4.78 is 0. The molecule has 1 aliphatic carbocycles. The second-order valence-corrected chi connectivity index (χ2v) is 4.60. The molecule has 0 spiro atoms. The molecule has 1 fully saturated rings. The van der Waals surface area contributed by atoms with Crippen LogP contribution in [0.4, 0.5) is 0 Å². The van der Waals surface area contributed by atoms with Gasteiger partial charge in [0.15, 0.2) is 0 Å². The van der Waals surface area contributed by atoms with Crippen molar-refractivity contribution in [3.63, 3.8) is 0 Å². The van der Waals surface area contributed by atoms with Crippen molar-refractivity contribution in [2.75, 3.05) is 0 Å². The lowest BCUT2D eigenvalue weighted by atomic mass is 9.73. The van der Waals surface area contributed by atoms with E-state index < -0.39 is 11.0 Å². The van der Waals surface area contributed by atoms with E-state index in [0.29, 0.717) is 5.92 Å². The Labute approximate surface area is 74.2 Å². The summed E-state index contributed by atoms with van der Waals surface area (Å²) in [6, 6.07) is 2.30. The summed E-state index contributed by atoms with van der Waals surface area (Å²) in [7, 11) is 0. The number of aliphatic hydroxyl groups is 1. The van der Waals surface area contributed by atoms with Crippen LogP contribution in [0.5, 0.6) is 0 Å². The fourth-order valence-corrected chi connectivity index (χ4v) is 2.09. The highest BCUT2D eigenvalue weighted by Gasteiger charge is 2.48. The zero-order chi connectivity index (χ0) is 9.41. The number of nitrogens with zero attached hydrogens (tertiary/aromatic N) is 1. The predicted molar refractivity (Wildman–Crippen MR) is 47.4 cm³/mol. The van der Waals surface area contributed by atoms with Gasteiger partial charge in [-0.05, 0) is 39.0 Å². The van der Waals surface area contributed by atoms with Crippen molar-refractivity contribution >= 4 is 0 Å². The summed E-state index contributed by atoms with van der Waals surface area (Å²) >= 11 is 0. The first-order chi connectivity index (χ1) is 5.41. The lowest BCUT2D eigenvalue weighted by Crippen LogP contribution is -2.40. The van der Waals surface area contributed by atoms with E-state index >= 15 is 0 Å². The van der Waals surface area contributed by atoms with E-state index in [9.17, 15) is 5.11 Å². The van der Waals surface area contributed by atoms with Gasteiger partial charge in [0.1, 0.15) is 0 Å². The lowest BCUT2D eigenvalue weighted by molar-refractivity contribution is -0.0209. The van der Waals surface area contributed by atoms with E-state index in [-0.39, 0.29) is 0 Å². The van der Waals surface area contributed by atoms with E-state index in [1.165, 1.54) is 0 Å². The van der Waals surface area contributed by atoms with Gasteiger partial charge in [0.2, 0.25) is 0 Å². The normalized spacial score (nSPS) is 36.4. The average molecular weight is 167 g/mol. The molecule has 1 saturated carbocycles. The van der Waals surface area contributed by atoms with E-state index in [1.807, 2.05) is 0 Å². The largest absolute Gasteiger partial charge is 0.389 e. The Morgan fingerprint density at radius 2 is 2.17 bits per heavy atom. The van der Waals surface area contributed by atoms with Crippen molar-refractivity contribution in [1.29, 1.82) is 5.26 Å². The Morgan fingerprint density at radius 1 is 1.58 bits per heavy atom. The van der Waals surface area contributed by atoms with Gasteiger partial charge >= 0.3 is 0 Å². The predicted octanol–water partition coefficient (Wildman–Crippen LogP) is 2.09. The third kappa shape index (κ3) is 1.34. The zero-order valence-corrected chi connectivity index (χ0v) is 8.09. The van der Waals surface area contributed by atoms with Gasteiger partial charge < -0.3 is 5.11 Å². The Morgan fingerprint density at radius 3 is 2.33 bits per heavy atom. The second-order valence-electron chi connectivity index (χ2n) is 4.60. The maximum Gasteiger partial charge on any atom is 0.0857 e. The molecule has 0 bridgehead atoms. The van der Waals surface area contributed by atoms with Gasteiger partial charge in [-0.1, -0.05) is 6.92 Å². The standard InChI is InChI=1S/C10H17NO/c1-8-4-5-10(6-8,7-11)9(2,3)12/h8,12H,4-6H2,1-3H3. The highest BCUT2D eigenvalue weighted by Crippen LogP contribution is 2.48. The van der Waals surface area contributed by atoms with E-state index in [1.54, 1.807) is 13.8 Å². The van der Waals surface area contributed by atoms with Gasteiger partial charge in [-0.25, -0.2) is 0 Å². The molecule has 68 valence electrons. The summed E-state index contributed by atoms with van der Waals surface area (Å²) in [5.74, 6) is 0.580. The summed E-state index contributed by atoms with van der Waals surface area (Å²) in [4.78, 5) is 0. The second kappa shape index (κ2) is 2.74. The first-order valence-corrected chi connectivity index (χ1v) is 4.55. The highest BCUT2D eigenvalue weighted by atomic mass is 16.3. The van der Waals surface area contributed by atoms with Crippen molar-refractivity contribution in [1.82, 2.24) is 0 Å². The quantitative estimate of drug-likeness (QED) is 0.649. The van der Waals surface area contributed by atoms with Crippen molar-refractivity contribution in [3.8, 4) is 6.07 Å². The molecule has 2 heteroatoms. The maximum absolute atomic E-state index is 9.86. The molecule has 0 amide bonds. The minimum Gasteiger partial charge on any atom is -0.389 e. The Bertz CT molecular complexity index is 211. The molecule has 12 heavy (non-hydrogen) atoms. The molecule has 0 aromatic heterocycles. The van der Waals surface area contributed by atoms with Crippen molar-refractivity contribution in [2.24, 2.45) is 11.3 Å². The SMILES string of the molecule is CC1CCC(C#N)(C(C)(C)O)C1. The van der Waals surface area contributed by atoms with Crippen molar-refractivity contribution < 1.29 is 5.11 Å². The van der Waals surface area contributed by atoms with E-state index in [2.05, 4.69) is 13.0 Å². The maximum atomic E-state index is 9.86. The molecule has 0 saturated heterocycles. The van der Waals surface area contributed by atoms with Crippen LogP contribution < -0.4 is 0 Å². The van der Waals surface area contributed by atoms with Crippen molar-refractivity contribution in [3.05, 3.63) is 0 Å². The van der Waals surface area contributed by atoms with Gasteiger partial charge in [-0.15, -0.1) is 0 Å². The number of nitriles is 1. The van der Waals surface area contributed by atoms with Gasteiger partial charge in [-0.2, -0.15) is 5.26 Å². The van der Waals surface area contributed by atoms with Crippen LogP contribution >= 0.6 is 0 Å². The fourth-order valence-electron chi connectivity index (χ4n) is 2.09. The summed E-state index contributed by atoms with van der Waals surface area (Å²) in [5, 5.41) is 18.9. The highest BCUT2D eigenvalue weighted by molar-refractivity contribution is 5.11. The molecule has 2 atom stereocenters. The van der Waals surface area contributed by atoms with Crippen LogP contribution in [0.25, 0.3) is 0 Å². The third-order valence-corrected chi connectivity index (χ3v) is 3.15. The minimum absolute atomic E-state index is 0.494. The summed E-state index contributed by atoms with van der Waals surface area (Å²) in [5.41, 5.74) is -1.35. The smallest absolute Gasteiger partial charge is 0.0857 e. The first-order valence-electron chi connectivity index (χ1n) is 4.55. The molecule has 1 N–H and O–H groups in total. The lowest BCUT2D eigenvalue weighted by Gasteiger charge is -2.34. The average Bonchev–Trinajstić information content (AvgIpc) is 2.31. The molecule has 0 aromatic carbocycles. The van der Waals surface area contributed by atoms with Crippen LogP contribution in [0.2, 0.25) is 0 Å². The number of hydrogen-bond donors (Lipinski definition) is 1. The van der Waals surface area contributed by atoms with Crippen LogP contribution in [0.15, 0.2) is 0 Å². The molecule has 1 rings (SSSR count). The van der Waals surface area contributed by atoms with Crippen LogP contribution in [0.1, 0.15) is 40.0 Å². The molecular weight excluding hydrogens is 150 g/mol. The van der Waals surface area contributed by atoms with Crippen LogP contribution in [-0.4, -0.2) is 10.7 Å². The topological polar surface area (TPSA) is 44.0 Å². The Balaban J connectivity index is 2.88. The van der Waals surface area contributed by atoms with Gasteiger partial charge in [0.25, 0.3) is 0 Å². The van der Waals surface area contributed by atoms with E-state index in [4.69, 9.17) is 5.26 Å².